The van der Waals surface area contributed by atoms with Gasteiger partial charge in [-0.25, -0.2) is 4.98 Å². The van der Waals surface area contributed by atoms with Crippen LogP contribution in [0.4, 0.5) is 5.69 Å². The largest absolute Gasteiger partial charge is 0.439 e. The van der Waals surface area contributed by atoms with Crippen LogP contribution in [0.25, 0.3) is 11.3 Å². The number of oxazole rings is 1. The minimum atomic E-state index is -0.486. The Hall–Kier alpha value is -2.79. The molecular weight excluding hydrogens is 314 g/mol. The molecule has 3 N–H and O–H groups in total. The highest BCUT2D eigenvalue weighted by Gasteiger charge is 2.10. The molecule has 1 aromatic heterocycles. The van der Waals surface area contributed by atoms with Crippen molar-refractivity contribution in [3.05, 3.63) is 71.2 Å². The first-order chi connectivity index (χ1) is 11.1. The minimum Gasteiger partial charge on any atom is -0.439 e. The summed E-state index contributed by atoms with van der Waals surface area (Å²) >= 11 is 5.97. The molecule has 0 unspecified atom stereocenters. The second kappa shape index (κ2) is 6.54. The lowest BCUT2D eigenvalue weighted by atomic mass is 10.1. The smallest absolute Gasteiger partial charge is 0.250 e. The van der Waals surface area contributed by atoms with Gasteiger partial charge in [0.1, 0.15) is 0 Å². The van der Waals surface area contributed by atoms with Crippen LogP contribution in [-0.4, -0.2) is 10.9 Å². The number of anilines is 1. The van der Waals surface area contributed by atoms with Crippen molar-refractivity contribution >= 4 is 23.2 Å². The van der Waals surface area contributed by atoms with Crippen LogP contribution in [0.5, 0.6) is 0 Å². The third-order valence-electron chi connectivity index (χ3n) is 3.29. The van der Waals surface area contributed by atoms with E-state index in [-0.39, 0.29) is 0 Å². The van der Waals surface area contributed by atoms with Crippen LogP contribution >= 0.6 is 11.6 Å². The van der Waals surface area contributed by atoms with E-state index in [4.69, 9.17) is 21.8 Å². The van der Waals surface area contributed by atoms with Gasteiger partial charge in [0.25, 0.3) is 5.91 Å². The van der Waals surface area contributed by atoms with E-state index in [1.807, 2.05) is 24.3 Å². The highest BCUT2D eigenvalue weighted by atomic mass is 35.5. The Balaban J connectivity index is 1.74. The molecule has 0 saturated heterocycles. The molecule has 0 aliphatic carbocycles. The van der Waals surface area contributed by atoms with Crippen molar-refractivity contribution < 1.29 is 9.21 Å². The van der Waals surface area contributed by atoms with Crippen LogP contribution < -0.4 is 11.1 Å². The molecule has 0 saturated carbocycles. The number of rotatable bonds is 5. The van der Waals surface area contributed by atoms with E-state index >= 15 is 0 Å². The maximum atomic E-state index is 11.4. The number of hydrogen-bond donors (Lipinski definition) is 2. The van der Waals surface area contributed by atoms with Gasteiger partial charge in [-0.3, -0.25) is 4.79 Å². The van der Waals surface area contributed by atoms with E-state index in [9.17, 15) is 4.79 Å². The van der Waals surface area contributed by atoms with Crippen molar-refractivity contribution in [1.82, 2.24) is 4.98 Å². The van der Waals surface area contributed by atoms with Crippen LogP contribution in [-0.2, 0) is 6.54 Å². The summed E-state index contributed by atoms with van der Waals surface area (Å²) in [5.41, 5.74) is 7.27. The molecule has 5 nitrogen and oxygen atoms in total. The van der Waals surface area contributed by atoms with E-state index in [2.05, 4.69) is 10.3 Å². The average molecular weight is 328 g/mol. The van der Waals surface area contributed by atoms with Crippen LogP contribution in [0.3, 0.4) is 0 Å². The number of carbonyl (C=O) groups excluding carboxylic acids is 1. The Morgan fingerprint density at radius 3 is 2.83 bits per heavy atom. The van der Waals surface area contributed by atoms with Gasteiger partial charge < -0.3 is 15.5 Å². The number of carbonyl (C=O) groups is 1. The lowest BCUT2D eigenvalue weighted by molar-refractivity contribution is 0.100. The fraction of sp³-hybridized carbons (Fsp3) is 0.0588. The van der Waals surface area contributed by atoms with Gasteiger partial charge in [-0.15, -0.1) is 0 Å². The number of halogens is 1. The molecule has 3 aromatic rings. The molecule has 1 amide bonds. The van der Waals surface area contributed by atoms with Crippen LogP contribution in [0.2, 0.25) is 5.02 Å². The Kier molecular flexibility index (Phi) is 4.30. The summed E-state index contributed by atoms with van der Waals surface area (Å²) in [6, 6.07) is 14.4. The molecule has 23 heavy (non-hydrogen) atoms. The van der Waals surface area contributed by atoms with E-state index in [1.54, 1.807) is 30.5 Å². The molecule has 1 heterocycles. The lowest BCUT2D eigenvalue weighted by Gasteiger charge is -2.07. The van der Waals surface area contributed by atoms with E-state index < -0.39 is 5.91 Å². The zero-order chi connectivity index (χ0) is 16.2. The number of amides is 1. The fourth-order valence-corrected chi connectivity index (χ4v) is 2.38. The number of nitrogens with zero attached hydrogens (tertiary/aromatic N) is 1. The number of aromatic nitrogens is 1. The molecular formula is C17H14ClN3O2. The third kappa shape index (κ3) is 3.52. The lowest BCUT2D eigenvalue weighted by Crippen LogP contribution is -2.14. The fourth-order valence-electron chi connectivity index (χ4n) is 2.19. The first kappa shape index (κ1) is 15.1. The summed E-state index contributed by atoms with van der Waals surface area (Å²) in [6.07, 6.45) is 1.64. The van der Waals surface area contributed by atoms with Crippen molar-refractivity contribution in [2.45, 2.75) is 6.54 Å². The quantitative estimate of drug-likeness (QED) is 0.748. The zero-order valence-electron chi connectivity index (χ0n) is 12.1. The van der Waals surface area contributed by atoms with Crippen molar-refractivity contribution in [3.8, 4) is 11.3 Å². The summed E-state index contributed by atoms with van der Waals surface area (Å²) in [5, 5.41) is 3.74. The number of nitrogens with two attached hydrogens (primary N) is 1. The molecule has 0 fully saturated rings. The summed E-state index contributed by atoms with van der Waals surface area (Å²) in [4.78, 5) is 15.6. The number of primary amides is 1. The SMILES string of the molecule is NC(=O)c1ccccc1NCc1ncc(-c2cccc(Cl)c2)o1. The Morgan fingerprint density at radius 1 is 1.22 bits per heavy atom. The van der Waals surface area contributed by atoms with Gasteiger partial charge in [-0.2, -0.15) is 0 Å². The molecule has 0 spiro atoms. The van der Waals surface area contributed by atoms with Gasteiger partial charge in [0, 0.05) is 16.3 Å². The van der Waals surface area contributed by atoms with Crippen molar-refractivity contribution in [1.29, 1.82) is 0 Å². The van der Waals surface area contributed by atoms with E-state index in [1.165, 1.54) is 0 Å². The molecule has 2 aromatic carbocycles. The second-order valence-corrected chi connectivity index (χ2v) is 5.33. The van der Waals surface area contributed by atoms with Crippen LogP contribution in [0.1, 0.15) is 16.2 Å². The second-order valence-electron chi connectivity index (χ2n) is 4.89. The van der Waals surface area contributed by atoms with Crippen molar-refractivity contribution in [2.75, 3.05) is 5.32 Å². The molecule has 0 aliphatic rings. The van der Waals surface area contributed by atoms with Gasteiger partial charge in [-0.1, -0.05) is 35.9 Å². The molecule has 3 rings (SSSR count). The standard InChI is InChI=1S/C17H14ClN3O2/c18-12-5-3-4-11(8-12)15-9-21-16(23-15)10-20-14-7-2-1-6-13(14)17(19)22/h1-9,20H,10H2,(H2,19,22). The average Bonchev–Trinajstić information content (AvgIpc) is 3.02. The maximum Gasteiger partial charge on any atom is 0.250 e. The predicted molar refractivity (Wildman–Crippen MR) is 89.2 cm³/mol. The maximum absolute atomic E-state index is 11.4. The van der Waals surface area contributed by atoms with Crippen LogP contribution in [0.15, 0.2) is 59.1 Å². The zero-order valence-corrected chi connectivity index (χ0v) is 12.9. The van der Waals surface area contributed by atoms with Gasteiger partial charge in [0.15, 0.2) is 5.76 Å². The Bertz CT molecular complexity index is 845. The summed E-state index contributed by atoms with van der Waals surface area (Å²) in [5.74, 6) is 0.645. The molecule has 0 radical (unpaired) electrons. The minimum absolute atomic E-state index is 0.338. The number of hydrogen-bond acceptors (Lipinski definition) is 4. The first-order valence-corrected chi connectivity index (χ1v) is 7.34. The number of nitrogens with one attached hydrogen (secondary N) is 1. The highest BCUT2D eigenvalue weighted by molar-refractivity contribution is 6.30. The monoisotopic (exact) mass is 327 g/mol. The van der Waals surface area contributed by atoms with Crippen LogP contribution in [0, 0.1) is 0 Å². The highest BCUT2D eigenvalue weighted by Crippen LogP contribution is 2.24. The molecule has 0 bridgehead atoms. The summed E-state index contributed by atoms with van der Waals surface area (Å²) in [6.45, 7) is 0.338. The van der Waals surface area contributed by atoms with Gasteiger partial charge in [0.05, 0.1) is 18.3 Å². The van der Waals surface area contributed by atoms with Gasteiger partial charge in [0.2, 0.25) is 5.89 Å². The number of benzene rings is 2. The molecule has 0 aliphatic heterocycles. The molecule has 0 atom stereocenters. The van der Waals surface area contributed by atoms with E-state index in [0.717, 1.165) is 5.56 Å². The van der Waals surface area contributed by atoms with Crippen molar-refractivity contribution in [3.63, 3.8) is 0 Å². The first-order valence-electron chi connectivity index (χ1n) is 6.97. The van der Waals surface area contributed by atoms with E-state index in [0.29, 0.717) is 34.5 Å². The summed E-state index contributed by atoms with van der Waals surface area (Å²) in [7, 11) is 0. The molecule has 6 heteroatoms. The van der Waals surface area contributed by atoms with Crippen molar-refractivity contribution in [2.24, 2.45) is 5.73 Å². The topological polar surface area (TPSA) is 81.2 Å². The van der Waals surface area contributed by atoms with Gasteiger partial charge in [-0.05, 0) is 24.3 Å². The Morgan fingerprint density at radius 2 is 2.04 bits per heavy atom. The van der Waals surface area contributed by atoms with Gasteiger partial charge >= 0.3 is 0 Å². The Labute approximate surface area is 138 Å². The number of para-hydroxylation sites is 1. The molecule has 116 valence electrons. The third-order valence-corrected chi connectivity index (χ3v) is 3.52. The normalized spacial score (nSPS) is 10.5. The predicted octanol–water partition coefficient (Wildman–Crippen LogP) is 3.71. The summed E-state index contributed by atoms with van der Waals surface area (Å²) < 4.78 is 5.70.